The van der Waals surface area contributed by atoms with Crippen LogP contribution in [0.5, 0.6) is 0 Å². The Kier molecular flexibility index (Phi) is 5.73. The van der Waals surface area contributed by atoms with Gasteiger partial charge in [0.2, 0.25) is 0 Å². The number of anilines is 1. The lowest BCUT2D eigenvalue weighted by Gasteiger charge is -2.16. The molecule has 3 aromatic heterocycles. The number of hydrogen-bond acceptors (Lipinski definition) is 5. The number of alkyl halides is 3. The van der Waals surface area contributed by atoms with E-state index in [1.54, 1.807) is 6.07 Å². The summed E-state index contributed by atoms with van der Waals surface area (Å²) in [7, 11) is 0. The maximum Gasteiger partial charge on any atom is 0.416 e. The summed E-state index contributed by atoms with van der Waals surface area (Å²) in [5.41, 5.74) is 0.250. The Morgan fingerprint density at radius 2 is 1.91 bits per heavy atom. The van der Waals surface area contributed by atoms with Crippen molar-refractivity contribution in [1.29, 1.82) is 0 Å². The number of thiazole rings is 1. The quantitative estimate of drug-likeness (QED) is 0.308. The van der Waals surface area contributed by atoms with Crippen LogP contribution in [0.25, 0.3) is 21.3 Å². The Hall–Kier alpha value is -3.83. The summed E-state index contributed by atoms with van der Waals surface area (Å²) in [6.45, 7) is -0.534. The summed E-state index contributed by atoms with van der Waals surface area (Å²) in [6.07, 6.45) is -3.17. The first-order valence-electron chi connectivity index (χ1n) is 10.3. The number of aliphatic hydroxyl groups is 1. The molecule has 2 aromatic carbocycles. The minimum absolute atomic E-state index is 0.0528. The number of amides is 1. The van der Waals surface area contributed by atoms with E-state index in [1.807, 2.05) is 0 Å². The van der Waals surface area contributed by atoms with Crippen molar-refractivity contribution in [2.24, 2.45) is 0 Å². The van der Waals surface area contributed by atoms with Crippen molar-refractivity contribution in [3.63, 3.8) is 0 Å². The van der Waals surface area contributed by atoms with Crippen molar-refractivity contribution >= 4 is 44.2 Å². The van der Waals surface area contributed by atoms with Crippen LogP contribution in [0.4, 0.5) is 23.2 Å². The number of fused-ring (bicyclic) bond motifs is 2. The number of aliphatic hydroxyl groups excluding tert-OH is 1. The van der Waals surface area contributed by atoms with Gasteiger partial charge in [0.05, 0.1) is 29.6 Å². The van der Waals surface area contributed by atoms with Crippen LogP contribution in [-0.2, 0) is 19.3 Å². The summed E-state index contributed by atoms with van der Waals surface area (Å²) < 4.78 is 56.1. The van der Waals surface area contributed by atoms with Gasteiger partial charge in [-0.2, -0.15) is 13.2 Å². The largest absolute Gasteiger partial charge is 0.416 e. The van der Waals surface area contributed by atoms with Gasteiger partial charge in [0.15, 0.2) is 0 Å². The Morgan fingerprint density at radius 3 is 2.69 bits per heavy atom. The summed E-state index contributed by atoms with van der Waals surface area (Å²) in [5, 5.41) is 12.9. The van der Waals surface area contributed by atoms with Crippen molar-refractivity contribution < 1.29 is 27.5 Å². The molecule has 0 bridgehead atoms. The summed E-state index contributed by atoms with van der Waals surface area (Å²) in [5.74, 6) is -1.18. The molecule has 0 aliphatic rings. The smallest absolute Gasteiger partial charge is 0.389 e. The molecule has 0 saturated heterocycles. The van der Waals surface area contributed by atoms with Crippen LogP contribution in [0.15, 0.2) is 60.8 Å². The number of carbonyl (C=O) groups excluding carboxylic acids is 1. The van der Waals surface area contributed by atoms with E-state index < -0.39 is 23.5 Å². The molecule has 0 atom stereocenters. The molecule has 0 saturated carbocycles. The predicted octanol–water partition coefficient (Wildman–Crippen LogP) is 5.60. The third-order valence-electron chi connectivity index (χ3n) is 5.44. The van der Waals surface area contributed by atoms with E-state index in [0.29, 0.717) is 26.4 Å². The van der Waals surface area contributed by atoms with Crippen LogP contribution in [0.3, 0.4) is 0 Å². The maximum absolute atomic E-state index is 14.0. The van der Waals surface area contributed by atoms with Gasteiger partial charge in [0.1, 0.15) is 26.9 Å². The topological polar surface area (TPSA) is 80.0 Å². The fourth-order valence-electron chi connectivity index (χ4n) is 3.89. The van der Waals surface area contributed by atoms with E-state index in [-0.39, 0.29) is 29.9 Å². The number of rotatable bonds is 5. The standard InChI is InChI=1S/C24H16F4N4O2S/c25-15-6-5-13-7-20(22(34)30-16-9-18-23(29-10-16)35-21(12-33)31-18)32(19(13)8-15)11-14-3-1-2-4-17(14)24(26,27)28/h1-10,33H,11-12H2,(H,30,34). The molecule has 3 heterocycles. The van der Waals surface area contributed by atoms with Crippen LogP contribution in [0, 0.1) is 5.82 Å². The lowest BCUT2D eigenvalue weighted by Crippen LogP contribution is -2.19. The highest BCUT2D eigenvalue weighted by Gasteiger charge is 2.33. The highest BCUT2D eigenvalue weighted by Crippen LogP contribution is 2.33. The minimum Gasteiger partial charge on any atom is -0.389 e. The summed E-state index contributed by atoms with van der Waals surface area (Å²) in [6, 6.07) is 12.0. The molecular formula is C24H16F4N4O2S. The third kappa shape index (κ3) is 4.47. The monoisotopic (exact) mass is 500 g/mol. The van der Waals surface area contributed by atoms with Crippen LogP contribution in [-0.4, -0.2) is 25.5 Å². The fourth-order valence-corrected chi connectivity index (χ4v) is 4.64. The van der Waals surface area contributed by atoms with Crippen molar-refractivity contribution in [2.45, 2.75) is 19.3 Å². The van der Waals surface area contributed by atoms with Gasteiger partial charge in [0, 0.05) is 11.9 Å². The third-order valence-corrected chi connectivity index (χ3v) is 6.40. The van der Waals surface area contributed by atoms with Gasteiger partial charge < -0.3 is 15.0 Å². The van der Waals surface area contributed by atoms with Gasteiger partial charge in [-0.15, -0.1) is 0 Å². The van der Waals surface area contributed by atoms with Crippen LogP contribution in [0.1, 0.15) is 26.6 Å². The zero-order valence-electron chi connectivity index (χ0n) is 17.8. The Labute approximate surface area is 199 Å². The Bertz CT molecular complexity index is 1580. The molecular weight excluding hydrogens is 484 g/mol. The van der Waals surface area contributed by atoms with Crippen molar-refractivity contribution in [3.8, 4) is 0 Å². The van der Waals surface area contributed by atoms with E-state index in [2.05, 4.69) is 15.3 Å². The second-order valence-electron chi connectivity index (χ2n) is 7.74. The van der Waals surface area contributed by atoms with Gasteiger partial charge in [-0.1, -0.05) is 29.5 Å². The lowest BCUT2D eigenvalue weighted by atomic mass is 10.1. The highest BCUT2D eigenvalue weighted by atomic mass is 32.1. The van der Waals surface area contributed by atoms with E-state index >= 15 is 0 Å². The van der Waals surface area contributed by atoms with E-state index in [4.69, 9.17) is 0 Å². The van der Waals surface area contributed by atoms with Gasteiger partial charge in [-0.3, -0.25) is 4.79 Å². The number of nitrogens with zero attached hydrogens (tertiary/aromatic N) is 3. The molecule has 178 valence electrons. The molecule has 5 aromatic rings. The van der Waals surface area contributed by atoms with Gasteiger partial charge in [-0.05, 0) is 42.0 Å². The SMILES string of the molecule is O=C(Nc1cnc2sc(CO)nc2c1)c1cc2ccc(F)cc2n1Cc1ccccc1C(F)(F)F. The second-order valence-corrected chi connectivity index (χ2v) is 8.80. The molecule has 6 nitrogen and oxygen atoms in total. The average Bonchev–Trinajstić information content (AvgIpc) is 3.39. The van der Waals surface area contributed by atoms with E-state index in [1.165, 1.54) is 64.6 Å². The number of aromatic nitrogens is 3. The summed E-state index contributed by atoms with van der Waals surface area (Å²) in [4.78, 5) is 22.3. The van der Waals surface area contributed by atoms with E-state index in [9.17, 15) is 27.5 Å². The zero-order valence-corrected chi connectivity index (χ0v) is 18.6. The minimum atomic E-state index is -4.59. The Morgan fingerprint density at radius 1 is 1.11 bits per heavy atom. The molecule has 0 radical (unpaired) electrons. The number of pyridine rings is 1. The number of halogens is 4. The average molecular weight is 500 g/mol. The highest BCUT2D eigenvalue weighted by molar-refractivity contribution is 7.18. The fraction of sp³-hybridized carbons (Fsp3) is 0.125. The molecule has 1 amide bonds. The summed E-state index contributed by atoms with van der Waals surface area (Å²) >= 11 is 1.22. The molecule has 11 heteroatoms. The zero-order chi connectivity index (χ0) is 24.7. The second kappa shape index (κ2) is 8.75. The first-order valence-corrected chi connectivity index (χ1v) is 11.2. The molecule has 0 aliphatic carbocycles. The van der Waals surface area contributed by atoms with Crippen LogP contribution in [0.2, 0.25) is 0 Å². The van der Waals surface area contributed by atoms with Crippen LogP contribution >= 0.6 is 11.3 Å². The van der Waals surface area contributed by atoms with Crippen molar-refractivity contribution in [3.05, 3.63) is 88.4 Å². The number of nitrogens with one attached hydrogen (secondary N) is 1. The number of carbonyl (C=O) groups is 1. The van der Waals surface area contributed by atoms with Crippen molar-refractivity contribution in [2.75, 3.05) is 5.32 Å². The molecule has 5 rings (SSSR count). The van der Waals surface area contributed by atoms with Gasteiger partial charge in [0.25, 0.3) is 5.91 Å². The molecule has 0 aliphatic heterocycles. The number of benzene rings is 2. The molecule has 0 fully saturated rings. The van der Waals surface area contributed by atoms with E-state index in [0.717, 1.165) is 6.07 Å². The van der Waals surface area contributed by atoms with Crippen LogP contribution < -0.4 is 5.32 Å². The maximum atomic E-state index is 14.0. The van der Waals surface area contributed by atoms with Gasteiger partial charge in [-0.25, -0.2) is 14.4 Å². The first-order chi connectivity index (χ1) is 16.7. The van der Waals surface area contributed by atoms with Gasteiger partial charge >= 0.3 is 6.18 Å². The molecule has 2 N–H and O–H groups in total. The Balaban J connectivity index is 1.55. The number of hydrogen-bond donors (Lipinski definition) is 2. The predicted molar refractivity (Wildman–Crippen MR) is 124 cm³/mol. The molecule has 0 unspecified atom stereocenters. The van der Waals surface area contributed by atoms with Crippen molar-refractivity contribution in [1.82, 2.24) is 14.5 Å². The molecule has 0 spiro atoms. The normalized spacial score (nSPS) is 11.9. The first kappa shape index (κ1) is 22.9. The molecule has 35 heavy (non-hydrogen) atoms. The lowest BCUT2D eigenvalue weighted by molar-refractivity contribution is -0.138.